The Kier molecular flexibility index (Phi) is 5.06. The predicted octanol–water partition coefficient (Wildman–Crippen LogP) is 2.63. The molecule has 0 aliphatic heterocycles. The Hall–Kier alpha value is -1.61. The van der Waals surface area contributed by atoms with Crippen LogP contribution in [-0.2, 0) is 27.8 Å². The minimum atomic E-state index is -3.83. The van der Waals surface area contributed by atoms with E-state index in [-0.39, 0.29) is 21.5 Å². The minimum absolute atomic E-state index is 0.0185. The first-order valence-electron chi connectivity index (χ1n) is 7.51. The molecule has 1 heterocycles. The van der Waals surface area contributed by atoms with Gasteiger partial charge in [0.15, 0.2) is 0 Å². The van der Waals surface area contributed by atoms with Gasteiger partial charge in [0.1, 0.15) is 6.54 Å². The zero-order chi connectivity index (χ0) is 18.2. The number of sulfonamides is 1. The molecule has 2 N–H and O–H groups in total. The number of carboxylic acid groups (broad SMARTS) is 1. The summed E-state index contributed by atoms with van der Waals surface area (Å²) in [5, 5.41) is 13.5. The van der Waals surface area contributed by atoms with Crippen molar-refractivity contribution in [2.45, 2.75) is 36.7 Å². The topological polar surface area (TPSA) is 101 Å². The van der Waals surface area contributed by atoms with Crippen molar-refractivity contribution in [1.29, 1.82) is 0 Å². The molecule has 1 aliphatic rings. The number of carbonyl (C=O) groups is 1. The molecular weight excluding hydrogens is 389 g/mol. The normalized spacial score (nSPS) is 17.3. The van der Waals surface area contributed by atoms with Crippen molar-refractivity contribution < 1.29 is 18.3 Å². The fraction of sp³-hybridized carbons (Fsp3) is 0.333. The molecule has 1 aromatic carbocycles. The number of nitrogens with zero attached hydrogens (tertiary/aromatic N) is 2. The van der Waals surface area contributed by atoms with E-state index in [4.69, 9.17) is 28.3 Å². The number of halogens is 2. The van der Waals surface area contributed by atoms with Crippen LogP contribution in [0.3, 0.4) is 0 Å². The number of hydrogen-bond acceptors (Lipinski definition) is 4. The van der Waals surface area contributed by atoms with Gasteiger partial charge in [-0.2, -0.15) is 5.10 Å². The molecule has 2 aromatic rings. The highest BCUT2D eigenvalue weighted by Gasteiger charge is 2.29. The summed E-state index contributed by atoms with van der Waals surface area (Å²) >= 11 is 11.8. The molecule has 0 fully saturated rings. The third-order valence-corrected chi connectivity index (χ3v) is 5.88. The first-order chi connectivity index (χ1) is 11.8. The molecule has 1 aromatic heterocycles. The summed E-state index contributed by atoms with van der Waals surface area (Å²) in [6.45, 7) is -0.251. The van der Waals surface area contributed by atoms with Gasteiger partial charge >= 0.3 is 5.97 Å². The molecule has 10 heteroatoms. The van der Waals surface area contributed by atoms with E-state index >= 15 is 0 Å². The minimum Gasteiger partial charge on any atom is -0.480 e. The number of rotatable bonds is 5. The number of fused-ring (bicyclic) bond motifs is 1. The third kappa shape index (κ3) is 3.98. The van der Waals surface area contributed by atoms with Crippen LogP contribution in [0.15, 0.2) is 29.3 Å². The highest BCUT2D eigenvalue weighted by molar-refractivity contribution is 7.89. The summed E-state index contributed by atoms with van der Waals surface area (Å²) < 4.78 is 29.3. The highest BCUT2D eigenvalue weighted by Crippen LogP contribution is 2.31. The van der Waals surface area contributed by atoms with Crippen LogP contribution in [0.1, 0.15) is 30.1 Å². The maximum atomic E-state index is 12.6. The fourth-order valence-electron chi connectivity index (χ4n) is 2.94. The van der Waals surface area contributed by atoms with Crippen LogP contribution in [-0.4, -0.2) is 29.3 Å². The molecular formula is C15H15Cl2N3O4S. The molecule has 0 spiro atoms. The maximum Gasteiger partial charge on any atom is 0.325 e. The van der Waals surface area contributed by atoms with E-state index in [1.807, 2.05) is 0 Å². The summed E-state index contributed by atoms with van der Waals surface area (Å²) in [6, 6.07) is 3.63. The highest BCUT2D eigenvalue weighted by atomic mass is 35.5. The quantitative estimate of drug-likeness (QED) is 0.798. The van der Waals surface area contributed by atoms with Gasteiger partial charge in [-0.15, -0.1) is 0 Å². The molecule has 0 radical (unpaired) electrons. The average molecular weight is 404 g/mol. The van der Waals surface area contributed by atoms with Crippen molar-refractivity contribution in [1.82, 2.24) is 14.5 Å². The molecule has 0 bridgehead atoms. The largest absolute Gasteiger partial charge is 0.480 e. The van der Waals surface area contributed by atoms with Crippen LogP contribution in [0, 0.1) is 0 Å². The van der Waals surface area contributed by atoms with Crippen LogP contribution >= 0.6 is 23.2 Å². The smallest absolute Gasteiger partial charge is 0.325 e. The second kappa shape index (κ2) is 6.95. The number of benzene rings is 1. The van der Waals surface area contributed by atoms with Gasteiger partial charge in [-0.3, -0.25) is 9.48 Å². The summed E-state index contributed by atoms with van der Waals surface area (Å²) in [4.78, 5) is 10.9. The number of aliphatic carboxylic acids is 1. The lowest BCUT2D eigenvalue weighted by Crippen LogP contribution is -2.31. The second-order valence-corrected chi connectivity index (χ2v) is 8.36. The van der Waals surface area contributed by atoms with Crippen molar-refractivity contribution in [3.63, 3.8) is 0 Å². The molecule has 1 atom stereocenters. The SMILES string of the molecule is O=C(O)Cn1ncc2c1CCCC2NS(=O)(=O)c1cc(Cl)cc(Cl)c1. The van der Waals surface area contributed by atoms with Crippen LogP contribution in [0.5, 0.6) is 0 Å². The van der Waals surface area contributed by atoms with E-state index in [0.717, 1.165) is 12.1 Å². The van der Waals surface area contributed by atoms with Gasteiger partial charge < -0.3 is 5.11 Å². The average Bonchev–Trinajstić information content (AvgIpc) is 2.89. The third-order valence-electron chi connectivity index (χ3n) is 3.99. The molecule has 25 heavy (non-hydrogen) atoms. The van der Waals surface area contributed by atoms with E-state index in [1.165, 1.54) is 29.1 Å². The Morgan fingerprint density at radius 2 is 2.00 bits per heavy atom. The molecule has 0 amide bonds. The number of carboxylic acids is 1. The first kappa shape index (κ1) is 18.2. The molecule has 1 aliphatic carbocycles. The maximum absolute atomic E-state index is 12.6. The molecule has 0 saturated heterocycles. The monoisotopic (exact) mass is 403 g/mol. The lowest BCUT2D eigenvalue weighted by Gasteiger charge is -2.24. The summed E-state index contributed by atoms with van der Waals surface area (Å²) in [5.74, 6) is -0.998. The number of aromatic nitrogens is 2. The van der Waals surface area contributed by atoms with Gasteiger partial charge in [-0.25, -0.2) is 13.1 Å². The summed E-state index contributed by atoms with van der Waals surface area (Å²) in [5.41, 5.74) is 1.44. The van der Waals surface area contributed by atoms with Crippen LogP contribution in [0.2, 0.25) is 10.0 Å². The van der Waals surface area contributed by atoms with Gasteiger partial charge in [-0.1, -0.05) is 23.2 Å². The van der Waals surface area contributed by atoms with Crippen molar-refractivity contribution in [3.05, 3.63) is 45.7 Å². The van der Waals surface area contributed by atoms with Crippen LogP contribution in [0.4, 0.5) is 0 Å². The van der Waals surface area contributed by atoms with Crippen molar-refractivity contribution in [3.8, 4) is 0 Å². The fourth-order valence-corrected chi connectivity index (χ4v) is 4.92. The number of nitrogens with one attached hydrogen (secondary N) is 1. The Morgan fingerprint density at radius 1 is 1.32 bits per heavy atom. The number of hydrogen-bond donors (Lipinski definition) is 2. The Labute approximate surface area is 154 Å². The van der Waals surface area contributed by atoms with Gasteiger partial charge in [0, 0.05) is 21.3 Å². The van der Waals surface area contributed by atoms with Gasteiger partial charge in [0.2, 0.25) is 10.0 Å². The standard InChI is InChI=1S/C15H15Cl2N3O4S/c16-9-4-10(17)6-11(5-9)25(23,24)19-13-2-1-3-14-12(13)7-18-20(14)8-15(21)22/h4-7,13,19H,1-3,8H2,(H,21,22). The summed E-state index contributed by atoms with van der Waals surface area (Å²) in [7, 11) is -3.83. The molecule has 1 unspecified atom stereocenters. The zero-order valence-corrected chi connectivity index (χ0v) is 15.3. The first-order valence-corrected chi connectivity index (χ1v) is 9.75. The lowest BCUT2D eigenvalue weighted by atomic mass is 9.94. The molecule has 0 saturated carbocycles. The predicted molar refractivity (Wildman–Crippen MR) is 92.3 cm³/mol. The van der Waals surface area contributed by atoms with Crippen molar-refractivity contribution in [2.75, 3.05) is 0 Å². The van der Waals surface area contributed by atoms with Crippen LogP contribution < -0.4 is 4.72 Å². The second-order valence-electron chi connectivity index (χ2n) is 5.77. The van der Waals surface area contributed by atoms with Crippen molar-refractivity contribution in [2.24, 2.45) is 0 Å². The molecule has 3 rings (SSSR count). The van der Waals surface area contributed by atoms with Gasteiger partial charge in [0.25, 0.3) is 0 Å². The zero-order valence-electron chi connectivity index (χ0n) is 12.9. The lowest BCUT2D eigenvalue weighted by molar-refractivity contribution is -0.137. The Balaban J connectivity index is 1.89. The van der Waals surface area contributed by atoms with E-state index in [9.17, 15) is 13.2 Å². The Morgan fingerprint density at radius 3 is 2.64 bits per heavy atom. The summed E-state index contributed by atoms with van der Waals surface area (Å²) in [6.07, 6.45) is 3.50. The molecule has 134 valence electrons. The van der Waals surface area contributed by atoms with E-state index in [1.54, 1.807) is 0 Å². The van der Waals surface area contributed by atoms with E-state index < -0.39 is 22.0 Å². The Bertz CT molecular complexity index is 907. The van der Waals surface area contributed by atoms with Gasteiger partial charge in [-0.05, 0) is 37.5 Å². The van der Waals surface area contributed by atoms with Crippen LogP contribution in [0.25, 0.3) is 0 Å². The van der Waals surface area contributed by atoms with Crippen molar-refractivity contribution >= 4 is 39.2 Å². The van der Waals surface area contributed by atoms with Gasteiger partial charge in [0.05, 0.1) is 17.1 Å². The van der Waals surface area contributed by atoms with E-state index in [0.29, 0.717) is 18.4 Å². The molecule has 7 nitrogen and oxygen atoms in total. The van der Waals surface area contributed by atoms with E-state index in [2.05, 4.69) is 9.82 Å².